The third-order valence-electron chi connectivity index (χ3n) is 3.42. The molecule has 2 atom stereocenters. The lowest BCUT2D eigenvalue weighted by molar-refractivity contribution is 0.509. The number of hydrogen-bond acceptors (Lipinski definition) is 3. The summed E-state index contributed by atoms with van der Waals surface area (Å²) in [5, 5.41) is 12.5. The van der Waals surface area contributed by atoms with Crippen LogP contribution in [0.4, 0.5) is 5.69 Å². The third-order valence-corrected chi connectivity index (χ3v) is 3.42. The molecule has 0 aromatic heterocycles. The van der Waals surface area contributed by atoms with Crippen molar-refractivity contribution in [1.82, 2.24) is 5.32 Å². The van der Waals surface area contributed by atoms with E-state index in [0.29, 0.717) is 12.1 Å². The number of anilines is 1. The van der Waals surface area contributed by atoms with Gasteiger partial charge in [-0.1, -0.05) is 18.2 Å². The smallest absolute Gasteiger partial charge is 0.113 e. The minimum Gasteiger partial charge on any atom is -0.366 e. The summed E-state index contributed by atoms with van der Waals surface area (Å²) in [7, 11) is 0. The van der Waals surface area contributed by atoms with Crippen LogP contribution in [0.1, 0.15) is 26.3 Å². The van der Waals surface area contributed by atoms with Gasteiger partial charge in [0.1, 0.15) is 6.04 Å². The Morgan fingerprint density at radius 2 is 2.17 bits per heavy atom. The Kier molecular flexibility index (Phi) is 3.88. The molecule has 1 aromatic carbocycles. The van der Waals surface area contributed by atoms with Gasteiger partial charge in [0.2, 0.25) is 0 Å². The number of rotatable bonds is 4. The van der Waals surface area contributed by atoms with E-state index in [-0.39, 0.29) is 6.04 Å². The number of fused-ring (bicyclic) bond motifs is 1. The van der Waals surface area contributed by atoms with E-state index in [9.17, 15) is 5.26 Å². The number of hydrogen-bond donors (Lipinski definition) is 1. The summed E-state index contributed by atoms with van der Waals surface area (Å²) in [6, 6.07) is 11.6. The molecule has 1 aliphatic rings. The van der Waals surface area contributed by atoms with Gasteiger partial charge in [-0.15, -0.1) is 0 Å². The summed E-state index contributed by atoms with van der Waals surface area (Å²) in [4.78, 5) is 2.35. The first-order valence-electron chi connectivity index (χ1n) is 6.62. The van der Waals surface area contributed by atoms with Crippen molar-refractivity contribution in [2.24, 2.45) is 0 Å². The molecule has 0 amide bonds. The van der Waals surface area contributed by atoms with Gasteiger partial charge < -0.3 is 4.90 Å². The predicted octanol–water partition coefficient (Wildman–Crippen LogP) is 2.33. The van der Waals surface area contributed by atoms with E-state index in [0.717, 1.165) is 13.0 Å². The first kappa shape index (κ1) is 12.9. The van der Waals surface area contributed by atoms with Crippen LogP contribution in [0.3, 0.4) is 0 Å². The summed E-state index contributed by atoms with van der Waals surface area (Å²) in [5.41, 5.74) is 2.68. The molecule has 1 heterocycles. The average molecular weight is 243 g/mol. The lowest BCUT2D eigenvalue weighted by Gasteiger charge is -2.28. The molecule has 96 valence electrons. The quantitative estimate of drug-likeness (QED) is 0.882. The van der Waals surface area contributed by atoms with Crippen molar-refractivity contribution in [3.8, 4) is 6.07 Å². The Hall–Kier alpha value is -1.53. The molecule has 3 nitrogen and oxygen atoms in total. The van der Waals surface area contributed by atoms with Crippen LogP contribution < -0.4 is 10.2 Å². The van der Waals surface area contributed by atoms with Gasteiger partial charge in [-0.25, -0.2) is 0 Å². The molecule has 2 unspecified atom stereocenters. The molecule has 0 aliphatic carbocycles. The van der Waals surface area contributed by atoms with Gasteiger partial charge in [0.15, 0.2) is 0 Å². The maximum Gasteiger partial charge on any atom is 0.113 e. The van der Waals surface area contributed by atoms with Crippen molar-refractivity contribution in [3.63, 3.8) is 0 Å². The van der Waals surface area contributed by atoms with Crippen molar-refractivity contribution in [3.05, 3.63) is 29.8 Å². The van der Waals surface area contributed by atoms with Crippen LogP contribution in [0.2, 0.25) is 0 Å². The second kappa shape index (κ2) is 5.41. The molecule has 1 aromatic rings. The lowest BCUT2D eigenvalue weighted by atomic mass is 10.1. The number of nitrogens with one attached hydrogen (secondary N) is 1. The van der Waals surface area contributed by atoms with E-state index in [1.54, 1.807) is 0 Å². The van der Waals surface area contributed by atoms with Gasteiger partial charge >= 0.3 is 0 Å². The second-order valence-electron chi connectivity index (χ2n) is 5.34. The molecule has 0 spiro atoms. The molecule has 0 bridgehead atoms. The van der Waals surface area contributed by atoms with Crippen molar-refractivity contribution >= 4 is 5.69 Å². The Labute approximate surface area is 109 Å². The molecule has 1 N–H and O–H groups in total. The van der Waals surface area contributed by atoms with Crippen LogP contribution in [0.25, 0.3) is 0 Å². The third kappa shape index (κ3) is 2.65. The molecular weight excluding hydrogens is 222 g/mol. The Morgan fingerprint density at radius 1 is 1.44 bits per heavy atom. The topological polar surface area (TPSA) is 39.1 Å². The van der Waals surface area contributed by atoms with Crippen molar-refractivity contribution < 1.29 is 0 Å². The molecule has 3 heteroatoms. The molecule has 0 saturated carbocycles. The van der Waals surface area contributed by atoms with Gasteiger partial charge in [-0.3, -0.25) is 5.32 Å². The Bertz CT molecular complexity index is 447. The summed E-state index contributed by atoms with van der Waals surface area (Å²) in [5.74, 6) is 0. The highest BCUT2D eigenvalue weighted by Gasteiger charge is 2.27. The normalized spacial score (nSPS) is 19.7. The van der Waals surface area contributed by atoms with E-state index in [2.05, 4.69) is 61.3 Å². The zero-order chi connectivity index (χ0) is 13.1. The van der Waals surface area contributed by atoms with Crippen molar-refractivity contribution in [2.45, 2.75) is 45.3 Å². The summed E-state index contributed by atoms with van der Waals surface area (Å²) in [6.07, 6.45) is 1.08. The van der Waals surface area contributed by atoms with Gasteiger partial charge in [-0.05, 0) is 38.8 Å². The van der Waals surface area contributed by atoms with Crippen molar-refractivity contribution in [2.75, 3.05) is 11.4 Å². The van der Waals surface area contributed by atoms with Crippen LogP contribution >= 0.6 is 0 Å². The molecule has 2 rings (SSSR count). The van der Waals surface area contributed by atoms with Crippen molar-refractivity contribution in [1.29, 1.82) is 5.26 Å². The maximum atomic E-state index is 9.23. The molecule has 0 fully saturated rings. The van der Waals surface area contributed by atoms with E-state index in [1.807, 2.05) is 0 Å². The van der Waals surface area contributed by atoms with Crippen LogP contribution in [0.5, 0.6) is 0 Å². The van der Waals surface area contributed by atoms with E-state index >= 15 is 0 Å². The number of para-hydroxylation sites is 1. The summed E-state index contributed by atoms with van der Waals surface area (Å²) in [6.45, 7) is 7.13. The first-order valence-corrected chi connectivity index (χ1v) is 6.62. The van der Waals surface area contributed by atoms with E-state index < -0.39 is 0 Å². The molecular formula is C15H21N3. The fourth-order valence-electron chi connectivity index (χ4n) is 2.64. The summed E-state index contributed by atoms with van der Waals surface area (Å²) >= 11 is 0. The van der Waals surface area contributed by atoms with E-state index in [1.165, 1.54) is 11.3 Å². The predicted molar refractivity (Wildman–Crippen MR) is 74.6 cm³/mol. The van der Waals surface area contributed by atoms with Gasteiger partial charge in [0, 0.05) is 24.3 Å². The molecule has 18 heavy (non-hydrogen) atoms. The minimum atomic E-state index is -0.112. The largest absolute Gasteiger partial charge is 0.366 e. The summed E-state index contributed by atoms with van der Waals surface area (Å²) < 4.78 is 0. The first-order chi connectivity index (χ1) is 8.61. The fraction of sp³-hybridized carbons (Fsp3) is 0.533. The number of nitriles is 1. The SMILES string of the molecule is CC(C)NC(C#N)CN1c2ccccc2CC1C. The highest BCUT2D eigenvalue weighted by atomic mass is 15.2. The molecule has 1 aliphatic heterocycles. The Morgan fingerprint density at radius 3 is 2.83 bits per heavy atom. The van der Waals surface area contributed by atoms with Crippen LogP contribution in [-0.4, -0.2) is 24.7 Å². The van der Waals surface area contributed by atoms with Crippen LogP contribution in [0.15, 0.2) is 24.3 Å². The minimum absolute atomic E-state index is 0.112. The fourth-order valence-corrected chi connectivity index (χ4v) is 2.64. The van der Waals surface area contributed by atoms with E-state index in [4.69, 9.17) is 0 Å². The number of benzene rings is 1. The number of nitrogens with zero attached hydrogens (tertiary/aromatic N) is 2. The van der Waals surface area contributed by atoms with Crippen LogP contribution in [0, 0.1) is 11.3 Å². The lowest BCUT2D eigenvalue weighted by Crippen LogP contribution is -2.45. The highest BCUT2D eigenvalue weighted by Crippen LogP contribution is 2.31. The maximum absolute atomic E-state index is 9.23. The zero-order valence-electron chi connectivity index (χ0n) is 11.4. The molecule has 0 saturated heterocycles. The second-order valence-corrected chi connectivity index (χ2v) is 5.34. The zero-order valence-corrected chi connectivity index (χ0v) is 11.4. The Balaban J connectivity index is 2.12. The standard InChI is InChI=1S/C15H21N3/c1-11(2)17-14(9-16)10-18-12(3)8-13-6-4-5-7-15(13)18/h4-7,11-12,14,17H,8,10H2,1-3H3. The monoisotopic (exact) mass is 243 g/mol. The average Bonchev–Trinajstić information content (AvgIpc) is 2.64. The highest BCUT2D eigenvalue weighted by molar-refractivity contribution is 5.59. The van der Waals surface area contributed by atoms with Gasteiger partial charge in [0.05, 0.1) is 6.07 Å². The van der Waals surface area contributed by atoms with Gasteiger partial charge in [0.25, 0.3) is 0 Å². The molecule has 0 radical (unpaired) electrons. The van der Waals surface area contributed by atoms with Gasteiger partial charge in [-0.2, -0.15) is 5.26 Å². The van der Waals surface area contributed by atoms with Crippen LogP contribution in [-0.2, 0) is 6.42 Å².